The Bertz CT molecular complexity index is 535. The molecular weight excluding hydrogens is 488 g/mol. The molecule has 36 heavy (non-hydrogen) atoms. The number of carboxylic acid groups (broad SMARTS) is 1. The quantitative estimate of drug-likeness (QED) is 0.0417. The molecule has 0 aliphatic rings. The fraction of sp³-hybridized carbons (Fsp3) is 0.867. The number of thiol groups is 2. The summed E-state index contributed by atoms with van der Waals surface area (Å²) >= 11 is 8.53. The number of esters is 1. The van der Waals surface area contributed by atoms with Gasteiger partial charge in [0, 0.05) is 0 Å². The van der Waals surface area contributed by atoms with Crippen molar-refractivity contribution in [3.05, 3.63) is 12.3 Å². The van der Waals surface area contributed by atoms with E-state index in [0.29, 0.717) is 12.8 Å². The summed E-state index contributed by atoms with van der Waals surface area (Å²) in [6.45, 7) is 2.24. The predicted molar refractivity (Wildman–Crippen MR) is 160 cm³/mol. The molecule has 1 N–H and O–H groups in total. The number of carbonyl (C=O) groups is 2. The second-order valence-corrected chi connectivity index (χ2v) is 11.3. The van der Waals surface area contributed by atoms with Crippen molar-refractivity contribution in [2.45, 2.75) is 148 Å². The predicted octanol–water partition coefficient (Wildman–Crippen LogP) is 9.58. The lowest BCUT2D eigenvalue weighted by molar-refractivity contribution is -0.157. The Morgan fingerprint density at radius 1 is 0.694 bits per heavy atom. The minimum absolute atomic E-state index is 0.148. The van der Waals surface area contributed by atoms with Crippen LogP contribution in [-0.4, -0.2) is 28.6 Å². The van der Waals surface area contributed by atoms with Gasteiger partial charge >= 0.3 is 11.9 Å². The summed E-state index contributed by atoms with van der Waals surface area (Å²) in [6, 6.07) is 0. The van der Waals surface area contributed by atoms with Gasteiger partial charge in [0.1, 0.15) is 0 Å². The highest BCUT2D eigenvalue weighted by atomic mass is 32.1. The van der Waals surface area contributed by atoms with Gasteiger partial charge in [-0.15, -0.1) is 0 Å². The summed E-state index contributed by atoms with van der Waals surface area (Å²) in [6.07, 6.45) is 25.9. The normalized spacial score (nSPS) is 11.9. The summed E-state index contributed by atoms with van der Waals surface area (Å²) < 4.78 is 5.57. The van der Waals surface area contributed by atoms with Gasteiger partial charge in [-0.3, -0.25) is 9.59 Å². The number of hydrogen-bond acceptors (Lipinski definition) is 5. The van der Waals surface area contributed by atoms with Crippen molar-refractivity contribution in [3.63, 3.8) is 0 Å². The third-order valence-corrected chi connectivity index (χ3v) is 7.68. The number of unbranched alkanes of at least 4 members (excludes halogenated alkanes) is 16. The van der Waals surface area contributed by atoms with Gasteiger partial charge in [0.05, 0.1) is 18.1 Å². The molecule has 0 heterocycles. The number of carbonyl (C=O) groups excluding carboxylic acids is 1. The Hall–Kier alpha value is -0.620. The van der Waals surface area contributed by atoms with Crippen LogP contribution in [0.2, 0.25) is 0 Å². The number of ether oxygens (including phenoxy) is 1. The molecule has 0 aliphatic heterocycles. The van der Waals surface area contributed by atoms with Crippen molar-refractivity contribution >= 4 is 37.2 Å². The van der Waals surface area contributed by atoms with Gasteiger partial charge in [-0.1, -0.05) is 103 Å². The van der Waals surface area contributed by atoms with Crippen LogP contribution in [0.5, 0.6) is 0 Å². The van der Waals surface area contributed by atoms with Gasteiger partial charge in [0.2, 0.25) is 0 Å². The van der Waals surface area contributed by atoms with E-state index in [1.165, 1.54) is 51.2 Å². The lowest BCUT2D eigenvalue weighted by Crippen LogP contribution is -2.35. The molecule has 0 aliphatic carbocycles. The van der Waals surface area contributed by atoms with Crippen LogP contribution in [0, 0.1) is 5.41 Å². The van der Waals surface area contributed by atoms with Gasteiger partial charge < -0.3 is 9.84 Å². The van der Waals surface area contributed by atoms with Crippen molar-refractivity contribution in [2.24, 2.45) is 5.41 Å². The Balaban J connectivity index is 4.75. The van der Waals surface area contributed by atoms with Crippen molar-refractivity contribution in [1.29, 1.82) is 0 Å². The largest absolute Gasteiger partial charge is 0.481 e. The maximum atomic E-state index is 13.2. The Labute approximate surface area is 233 Å². The first kappa shape index (κ1) is 35.4. The first-order valence-electron chi connectivity index (χ1n) is 14.8. The minimum Gasteiger partial charge on any atom is -0.481 e. The van der Waals surface area contributed by atoms with Gasteiger partial charge in [0.25, 0.3) is 0 Å². The minimum atomic E-state index is -0.929. The first-order chi connectivity index (χ1) is 17.5. The standard InChI is InChI=1S/C30H56O4S2/c1-2-3-4-5-6-7-8-9-14-19-24-34-29(33)30(27-28(31)32,22-17-12-10-15-20-25-35)23-18-13-11-16-21-26-36/h19,24,35-36H,2-18,20-23,25-27H2,1H3,(H,31,32). The van der Waals surface area contributed by atoms with Gasteiger partial charge in [0.15, 0.2) is 0 Å². The lowest BCUT2D eigenvalue weighted by Gasteiger charge is -2.30. The molecule has 0 saturated carbocycles. The molecular formula is C30H56O4S2. The van der Waals surface area contributed by atoms with Crippen molar-refractivity contribution in [3.8, 4) is 0 Å². The smallest absolute Gasteiger partial charge is 0.317 e. The van der Waals surface area contributed by atoms with Gasteiger partial charge in [-0.2, -0.15) is 25.3 Å². The highest BCUT2D eigenvalue weighted by Gasteiger charge is 2.41. The maximum Gasteiger partial charge on any atom is 0.317 e. The summed E-state index contributed by atoms with van der Waals surface area (Å²) in [5.41, 5.74) is -0.929. The average molecular weight is 545 g/mol. The molecule has 0 spiro atoms. The fourth-order valence-electron chi connectivity index (χ4n) is 4.78. The lowest BCUT2D eigenvalue weighted by atomic mass is 9.75. The molecule has 0 aromatic heterocycles. The Kier molecular flexibility index (Phi) is 25.6. The molecule has 0 rings (SSSR count). The van der Waals surface area contributed by atoms with Crippen LogP contribution >= 0.6 is 25.3 Å². The molecule has 0 aromatic carbocycles. The molecule has 0 aromatic rings. The molecule has 0 bridgehead atoms. The topological polar surface area (TPSA) is 63.6 Å². The van der Waals surface area contributed by atoms with Crippen LogP contribution < -0.4 is 0 Å². The Morgan fingerprint density at radius 2 is 1.14 bits per heavy atom. The van der Waals surface area contributed by atoms with Crippen molar-refractivity contribution in [2.75, 3.05) is 11.5 Å². The van der Waals surface area contributed by atoms with E-state index in [1.54, 1.807) is 0 Å². The van der Waals surface area contributed by atoms with Crippen LogP contribution in [0.4, 0.5) is 0 Å². The molecule has 0 radical (unpaired) electrons. The van der Waals surface area contributed by atoms with Gasteiger partial charge in [-0.05, 0) is 56.1 Å². The fourth-order valence-corrected chi connectivity index (χ4v) is 5.22. The van der Waals surface area contributed by atoms with Crippen LogP contribution in [0.3, 0.4) is 0 Å². The van der Waals surface area contributed by atoms with Gasteiger partial charge in [-0.25, -0.2) is 0 Å². The summed E-state index contributed by atoms with van der Waals surface area (Å²) in [7, 11) is 0. The third kappa shape index (κ3) is 20.4. The van der Waals surface area contributed by atoms with Crippen LogP contribution in [0.1, 0.15) is 148 Å². The van der Waals surface area contributed by atoms with E-state index in [2.05, 4.69) is 32.2 Å². The highest BCUT2D eigenvalue weighted by molar-refractivity contribution is 7.80. The summed E-state index contributed by atoms with van der Waals surface area (Å²) in [5, 5.41) is 9.66. The van der Waals surface area contributed by atoms with Crippen molar-refractivity contribution in [1.82, 2.24) is 0 Å². The highest BCUT2D eigenvalue weighted by Crippen LogP contribution is 2.37. The molecule has 0 fully saturated rings. The van der Waals surface area contributed by atoms with E-state index in [1.807, 2.05) is 6.08 Å². The molecule has 0 unspecified atom stereocenters. The average Bonchev–Trinajstić information content (AvgIpc) is 2.86. The van der Waals surface area contributed by atoms with Crippen LogP contribution in [0.15, 0.2) is 12.3 Å². The van der Waals surface area contributed by atoms with Crippen molar-refractivity contribution < 1.29 is 19.4 Å². The number of allylic oxidation sites excluding steroid dienone is 1. The number of aliphatic carboxylic acids is 1. The van der Waals surface area contributed by atoms with E-state index in [-0.39, 0.29) is 12.4 Å². The molecule has 6 heteroatoms. The molecule has 0 amide bonds. The third-order valence-electron chi connectivity index (χ3n) is 7.05. The van der Waals surface area contributed by atoms with E-state index in [9.17, 15) is 14.7 Å². The monoisotopic (exact) mass is 544 g/mol. The number of hydrogen-bond donors (Lipinski definition) is 3. The molecule has 0 atom stereocenters. The van der Waals surface area contributed by atoms with E-state index < -0.39 is 11.4 Å². The second-order valence-electron chi connectivity index (χ2n) is 10.4. The van der Waals surface area contributed by atoms with E-state index in [0.717, 1.165) is 88.6 Å². The van der Waals surface area contributed by atoms with Crippen LogP contribution in [0.25, 0.3) is 0 Å². The van der Waals surface area contributed by atoms with E-state index >= 15 is 0 Å². The summed E-state index contributed by atoms with van der Waals surface area (Å²) in [5.74, 6) is 0.518. The Morgan fingerprint density at radius 3 is 1.61 bits per heavy atom. The van der Waals surface area contributed by atoms with E-state index in [4.69, 9.17) is 4.74 Å². The molecule has 0 saturated heterocycles. The number of carboxylic acids is 1. The zero-order valence-corrected chi connectivity index (χ0v) is 25.0. The molecule has 4 nitrogen and oxygen atoms in total. The maximum absolute atomic E-state index is 13.2. The molecule has 212 valence electrons. The zero-order valence-electron chi connectivity index (χ0n) is 23.2. The zero-order chi connectivity index (χ0) is 26.7. The first-order valence-corrected chi connectivity index (χ1v) is 16.1. The number of rotatable bonds is 27. The van der Waals surface area contributed by atoms with Crippen LogP contribution in [-0.2, 0) is 14.3 Å². The SMILES string of the molecule is CCCCCCCCCCC=COC(=O)C(CCCCCCCS)(CCCCCCCS)CC(=O)O. The summed E-state index contributed by atoms with van der Waals surface area (Å²) in [4.78, 5) is 25.0. The second kappa shape index (κ2) is 26.0.